The molecule has 0 atom stereocenters. The standard InChI is InChI=1S/C18H16FN5O/c1-23-8-10-5-14-16(6-11(10)9-23)25-18(21-14)22-17-20-13-7-12(19)3-4-15(13)24(17)2/h3-7H,8-9H2,1-2H3,(H,20,21,22). The lowest BCUT2D eigenvalue weighted by atomic mass is 10.1. The Morgan fingerprint density at radius 1 is 1.04 bits per heavy atom. The quantitative estimate of drug-likeness (QED) is 0.606. The molecule has 25 heavy (non-hydrogen) atoms. The van der Waals surface area contributed by atoms with Crippen LogP contribution in [0.15, 0.2) is 34.7 Å². The maximum Gasteiger partial charge on any atom is 0.302 e. The summed E-state index contributed by atoms with van der Waals surface area (Å²) < 4.78 is 21.1. The van der Waals surface area contributed by atoms with Gasteiger partial charge in [-0.1, -0.05) is 0 Å². The van der Waals surface area contributed by atoms with Crippen molar-refractivity contribution in [2.75, 3.05) is 12.4 Å². The van der Waals surface area contributed by atoms with Gasteiger partial charge in [0, 0.05) is 26.2 Å². The van der Waals surface area contributed by atoms with E-state index in [4.69, 9.17) is 4.42 Å². The Morgan fingerprint density at radius 3 is 2.68 bits per heavy atom. The molecule has 1 aliphatic rings. The maximum atomic E-state index is 13.4. The highest BCUT2D eigenvalue weighted by atomic mass is 19.1. The zero-order valence-electron chi connectivity index (χ0n) is 13.9. The van der Waals surface area contributed by atoms with Crippen LogP contribution in [0.2, 0.25) is 0 Å². The first kappa shape index (κ1) is 14.4. The first-order valence-electron chi connectivity index (χ1n) is 8.07. The lowest BCUT2D eigenvalue weighted by Crippen LogP contribution is -2.07. The number of hydrogen-bond donors (Lipinski definition) is 1. The lowest BCUT2D eigenvalue weighted by molar-refractivity contribution is 0.353. The highest BCUT2D eigenvalue weighted by Gasteiger charge is 2.19. The molecule has 0 amide bonds. The number of anilines is 2. The zero-order valence-corrected chi connectivity index (χ0v) is 13.9. The molecule has 0 radical (unpaired) electrons. The molecule has 1 N–H and O–H groups in total. The lowest BCUT2D eigenvalue weighted by Gasteiger charge is -2.02. The monoisotopic (exact) mass is 337 g/mol. The summed E-state index contributed by atoms with van der Waals surface area (Å²) in [6.45, 7) is 1.85. The van der Waals surface area contributed by atoms with E-state index in [9.17, 15) is 4.39 Å². The summed E-state index contributed by atoms with van der Waals surface area (Å²) in [4.78, 5) is 11.2. The third-order valence-corrected chi connectivity index (χ3v) is 4.65. The Morgan fingerprint density at radius 2 is 1.84 bits per heavy atom. The van der Waals surface area contributed by atoms with Crippen LogP contribution in [0.3, 0.4) is 0 Å². The SMILES string of the molecule is CN1Cc2cc3nc(Nc4nc5cc(F)ccc5n4C)oc3cc2C1. The minimum absolute atomic E-state index is 0.307. The summed E-state index contributed by atoms with van der Waals surface area (Å²) in [6.07, 6.45) is 0. The van der Waals surface area contributed by atoms with E-state index in [2.05, 4.69) is 39.4 Å². The Labute approximate surface area is 142 Å². The summed E-state index contributed by atoms with van der Waals surface area (Å²) in [7, 11) is 3.96. The van der Waals surface area contributed by atoms with Crippen molar-refractivity contribution in [3.05, 3.63) is 47.3 Å². The van der Waals surface area contributed by atoms with Crippen LogP contribution >= 0.6 is 0 Å². The molecule has 0 saturated carbocycles. The van der Waals surface area contributed by atoms with Crippen LogP contribution in [-0.4, -0.2) is 26.5 Å². The van der Waals surface area contributed by atoms with Crippen LogP contribution in [-0.2, 0) is 20.1 Å². The van der Waals surface area contributed by atoms with Gasteiger partial charge in [-0.2, -0.15) is 4.98 Å². The molecule has 0 unspecified atom stereocenters. The number of aryl methyl sites for hydroxylation is 1. The van der Waals surface area contributed by atoms with Crippen molar-refractivity contribution < 1.29 is 8.81 Å². The Balaban J connectivity index is 1.53. The van der Waals surface area contributed by atoms with Gasteiger partial charge in [-0.3, -0.25) is 10.2 Å². The molecule has 4 aromatic rings. The third-order valence-electron chi connectivity index (χ3n) is 4.65. The van der Waals surface area contributed by atoms with E-state index < -0.39 is 0 Å². The molecular weight excluding hydrogens is 321 g/mol. The molecule has 7 heteroatoms. The molecule has 126 valence electrons. The first-order valence-corrected chi connectivity index (χ1v) is 8.07. The fourth-order valence-corrected chi connectivity index (χ4v) is 3.42. The van der Waals surface area contributed by atoms with E-state index >= 15 is 0 Å². The number of hydrogen-bond acceptors (Lipinski definition) is 5. The summed E-state index contributed by atoms with van der Waals surface area (Å²) in [5.74, 6) is 0.248. The molecule has 0 spiro atoms. The van der Waals surface area contributed by atoms with Gasteiger partial charge in [0.25, 0.3) is 0 Å². The van der Waals surface area contributed by atoms with Gasteiger partial charge < -0.3 is 8.98 Å². The number of halogens is 1. The number of aromatic nitrogens is 3. The predicted molar refractivity (Wildman–Crippen MR) is 93.1 cm³/mol. The van der Waals surface area contributed by atoms with E-state index in [0.29, 0.717) is 17.5 Å². The molecule has 2 aromatic carbocycles. The van der Waals surface area contributed by atoms with E-state index in [1.807, 2.05) is 11.6 Å². The second kappa shape index (κ2) is 5.03. The van der Waals surface area contributed by atoms with Crippen molar-refractivity contribution in [1.29, 1.82) is 0 Å². The molecule has 0 bridgehead atoms. The number of imidazole rings is 1. The fraction of sp³-hybridized carbons (Fsp3) is 0.222. The summed E-state index contributed by atoms with van der Waals surface area (Å²) in [5, 5.41) is 3.10. The molecule has 0 fully saturated rings. The molecule has 1 aliphatic heterocycles. The Hall–Kier alpha value is -2.93. The van der Waals surface area contributed by atoms with E-state index in [-0.39, 0.29) is 5.82 Å². The molecule has 3 heterocycles. The van der Waals surface area contributed by atoms with Crippen LogP contribution < -0.4 is 5.32 Å². The van der Waals surface area contributed by atoms with Gasteiger partial charge in [0.15, 0.2) is 5.58 Å². The molecule has 0 saturated heterocycles. The van der Waals surface area contributed by atoms with Crippen molar-refractivity contribution >= 4 is 34.1 Å². The van der Waals surface area contributed by atoms with Crippen molar-refractivity contribution in [2.24, 2.45) is 7.05 Å². The second-order valence-corrected chi connectivity index (χ2v) is 6.53. The van der Waals surface area contributed by atoms with E-state index in [1.165, 1.54) is 23.3 Å². The van der Waals surface area contributed by atoms with Crippen LogP contribution in [0.1, 0.15) is 11.1 Å². The number of rotatable bonds is 2. The maximum absolute atomic E-state index is 13.4. The van der Waals surface area contributed by atoms with Crippen molar-refractivity contribution in [1.82, 2.24) is 19.4 Å². The number of benzene rings is 2. The highest BCUT2D eigenvalue weighted by Crippen LogP contribution is 2.30. The van der Waals surface area contributed by atoms with Gasteiger partial charge in [0.1, 0.15) is 11.3 Å². The smallest absolute Gasteiger partial charge is 0.302 e. The topological polar surface area (TPSA) is 59.1 Å². The largest absolute Gasteiger partial charge is 0.423 e. The number of oxazole rings is 1. The molecule has 5 rings (SSSR count). The molecular formula is C18H16FN5O. The van der Waals surface area contributed by atoms with Gasteiger partial charge in [0.05, 0.1) is 11.0 Å². The number of nitrogens with one attached hydrogen (secondary N) is 1. The fourth-order valence-electron chi connectivity index (χ4n) is 3.42. The van der Waals surface area contributed by atoms with Crippen molar-refractivity contribution in [3.8, 4) is 0 Å². The van der Waals surface area contributed by atoms with Gasteiger partial charge in [-0.15, -0.1) is 0 Å². The van der Waals surface area contributed by atoms with Crippen molar-refractivity contribution in [3.63, 3.8) is 0 Å². The third kappa shape index (κ3) is 2.27. The minimum atomic E-state index is -0.307. The average molecular weight is 337 g/mol. The first-order chi connectivity index (χ1) is 12.1. The summed E-state index contributed by atoms with van der Waals surface area (Å²) in [6, 6.07) is 9.05. The Bertz CT molecular complexity index is 1090. The van der Waals surface area contributed by atoms with Gasteiger partial charge in [-0.25, -0.2) is 9.37 Å². The second-order valence-electron chi connectivity index (χ2n) is 6.53. The van der Waals surface area contributed by atoms with Gasteiger partial charge >= 0.3 is 6.01 Å². The number of fused-ring (bicyclic) bond motifs is 3. The summed E-state index contributed by atoms with van der Waals surface area (Å²) >= 11 is 0. The molecule has 6 nitrogen and oxygen atoms in total. The predicted octanol–water partition coefficient (Wildman–Crippen LogP) is 3.54. The van der Waals surface area contributed by atoms with E-state index in [1.54, 1.807) is 6.07 Å². The van der Waals surface area contributed by atoms with E-state index in [0.717, 1.165) is 29.7 Å². The minimum Gasteiger partial charge on any atom is -0.423 e. The van der Waals surface area contributed by atoms with Crippen LogP contribution in [0.5, 0.6) is 0 Å². The number of nitrogens with zero attached hydrogens (tertiary/aromatic N) is 4. The highest BCUT2D eigenvalue weighted by molar-refractivity contribution is 5.80. The molecule has 2 aromatic heterocycles. The molecule has 0 aliphatic carbocycles. The van der Waals surface area contributed by atoms with Crippen molar-refractivity contribution in [2.45, 2.75) is 13.1 Å². The average Bonchev–Trinajstić information content (AvgIpc) is 3.20. The van der Waals surface area contributed by atoms with Crippen LogP contribution in [0, 0.1) is 5.82 Å². The van der Waals surface area contributed by atoms with Crippen LogP contribution in [0.4, 0.5) is 16.4 Å². The van der Waals surface area contributed by atoms with Gasteiger partial charge in [0.2, 0.25) is 5.95 Å². The summed E-state index contributed by atoms with van der Waals surface area (Å²) in [5.41, 5.74) is 5.55. The van der Waals surface area contributed by atoms with Crippen LogP contribution in [0.25, 0.3) is 22.1 Å². The zero-order chi connectivity index (χ0) is 17.1. The normalized spacial score (nSPS) is 14.5. The van der Waals surface area contributed by atoms with Gasteiger partial charge in [-0.05, 0) is 42.4 Å². The Kier molecular flexibility index (Phi) is 2.90.